The van der Waals surface area contributed by atoms with Crippen LogP contribution in [0, 0.1) is 11.3 Å². The van der Waals surface area contributed by atoms with Crippen molar-refractivity contribution in [1.82, 2.24) is 34.3 Å². The molecule has 0 unspecified atom stereocenters. The van der Waals surface area contributed by atoms with E-state index in [1.165, 1.54) is 22.9 Å². The summed E-state index contributed by atoms with van der Waals surface area (Å²) in [7, 11) is -1.77. The second kappa shape index (κ2) is 13.5. The lowest BCUT2D eigenvalue weighted by molar-refractivity contribution is -0.120. The zero-order valence-electron chi connectivity index (χ0n) is 27.2. The molecule has 0 spiro atoms. The Labute approximate surface area is 284 Å². The van der Waals surface area contributed by atoms with Crippen LogP contribution in [0.25, 0.3) is 10.9 Å². The molecular formula is C34H38N10O4S. The van der Waals surface area contributed by atoms with Crippen LogP contribution in [0.3, 0.4) is 0 Å². The minimum Gasteiger partial charge on any atom is -0.351 e. The second-order valence-electron chi connectivity index (χ2n) is 12.9. The number of carbonyl (C=O) groups excluding carboxylic acids is 2. The quantitative estimate of drug-likeness (QED) is 0.281. The number of imide groups is 1. The first-order chi connectivity index (χ1) is 23.7. The van der Waals surface area contributed by atoms with Crippen LogP contribution in [0.5, 0.6) is 0 Å². The third-order valence-corrected chi connectivity index (χ3v) is 11.6. The smallest absolute Gasteiger partial charge is 0.329 e. The first-order valence-electron chi connectivity index (χ1n) is 16.6. The Morgan fingerprint density at radius 1 is 0.980 bits per heavy atom. The lowest BCUT2D eigenvalue weighted by atomic mass is 9.89. The van der Waals surface area contributed by atoms with E-state index < -0.39 is 16.1 Å². The van der Waals surface area contributed by atoms with E-state index in [-0.39, 0.29) is 18.4 Å². The monoisotopic (exact) mass is 682 g/mol. The molecule has 3 aliphatic rings. The van der Waals surface area contributed by atoms with Crippen LogP contribution >= 0.6 is 0 Å². The lowest BCUT2D eigenvalue weighted by Crippen LogP contribution is -2.49. The number of nitrogens with one attached hydrogen (secondary N) is 2. The highest BCUT2D eigenvalue weighted by Gasteiger charge is 2.31. The number of aromatic nitrogens is 4. The summed E-state index contributed by atoms with van der Waals surface area (Å²) in [6, 6.07) is 15.2. The molecule has 7 rings (SSSR count). The maximum Gasteiger partial charge on any atom is 0.329 e. The van der Waals surface area contributed by atoms with Gasteiger partial charge in [0, 0.05) is 51.1 Å². The number of likely N-dealkylation sites (tertiary alicyclic amines) is 1. The molecule has 3 fully saturated rings. The van der Waals surface area contributed by atoms with E-state index in [0.717, 1.165) is 42.4 Å². The largest absolute Gasteiger partial charge is 0.351 e. The van der Waals surface area contributed by atoms with E-state index in [2.05, 4.69) is 42.7 Å². The van der Waals surface area contributed by atoms with Gasteiger partial charge in [-0.15, -0.1) is 0 Å². The van der Waals surface area contributed by atoms with Crippen molar-refractivity contribution < 1.29 is 18.0 Å². The third kappa shape index (κ3) is 6.85. The number of amides is 3. The van der Waals surface area contributed by atoms with Crippen molar-refractivity contribution in [2.75, 3.05) is 42.9 Å². The normalized spacial score (nSPS) is 18.8. The number of anilines is 2. The number of piperidine rings is 2. The molecule has 0 bridgehead atoms. The molecule has 254 valence electrons. The van der Waals surface area contributed by atoms with Crippen LogP contribution in [0.15, 0.2) is 59.8 Å². The summed E-state index contributed by atoms with van der Waals surface area (Å²) in [6.45, 7) is 3.56. The number of fused-ring (bicyclic) bond motifs is 1. The van der Waals surface area contributed by atoms with Gasteiger partial charge in [-0.3, -0.25) is 24.6 Å². The molecule has 5 heterocycles. The highest BCUT2D eigenvalue weighted by molar-refractivity contribution is 7.89. The van der Waals surface area contributed by atoms with Crippen molar-refractivity contribution in [3.8, 4) is 6.07 Å². The van der Waals surface area contributed by atoms with Crippen LogP contribution in [0.4, 0.5) is 16.6 Å². The number of nitriles is 1. The summed E-state index contributed by atoms with van der Waals surface area (Å²) < 4.78 is 30.5. The molecular weight excluding hydrogens is 645 g/mol. The van der Waals surface area contributed by atoms with Gasteiger partial charge >= 0.3 is 6.03 Å². The van der Waals surface area contributed by atoms with Crippen LogP contribution in [0.2, 0.25) is 0 Å². The van der Waals surface area contributed by atoms with Crippen molar-refractivity contribution >= 4 is 44.6 Å². The molecule has 2 aromatic heterocycles. The average molecular weight is 683 g/mol. The predicted molar refractivity (Wildman–Crippen MR) is 182 cm³/mol. The molecule has 0 saturated carbocycles. The molecule has 3 saturated heterocycles. The summed E-state index contributed by atoms with van der Waals surface area (Å²) in [5.41, 5.74) is 3.54. The highest BCUT2D eigenvalue weighted by Crippen LogP contribution is 2.34. The molecule has 3 aliphatic heterocycles. The zero-order valence-corrected chi connectivity index (χ0v) is 28.1. The summed E-state index contributed by atoms with van der Waals surface area (Å²) in [4.78, 5) is 36.6. The Kier molecular flexibility index (Phi) is 9.01. The van der Waals surface area contributed by atoms with Gasteiger partial charge in [-0.2, -0.15) is 14.7 Å². The number of benzene rings is 2. The molecule has 2 aromatic carbocycles. The number of hydrogen-bond acceptors (Lipinski definition) is 10. The minimum atomic E-state index is -3.64. The van der Waals surface area contributed by atoms with Gasteiger partial charge in [-0.1, -0.05) is 18.2 Å². The van der Waals surface area contributed by atoms with Crippen molar-refractivity contribution in [3.63, 3.8) is 0 Å². The summed E-state index contributed by atoms with van der Waals surface area (Å²) >= 11 is 0. The molecule has 4 aromatic rings. The van der Waals surface area contributed by atoms with E-state index in [0.29, 0.717) is 67.2 Å². The van der Waals surface area contributed by atoms with Gasteiger partial charge in [-0.05, 0) is 80.1 Å². The number of nitrogens with zero attached hydrogens (tertiary/aromatic N) is 8. The molecule has 2 N–H and O–H groups in total. The number of carbonyl (C=O) groups is 2. The summed E-state index contributed by atoms with van der Waals surface area (Å²) in [5, 5.41) is 20.1. The fourth-order valence-electron chi connectivity index (χ4n) is 6.99. The van der Waals surface area contributed by atoms with Crippen molar-refractivity contribution in [3.05, 3.63) is 71.5 Å². The number of sulfonamides is 1. The Balaban J connectivity index is 0.941. The van der Waals surface area contributed by atoms with Crippen LogP contribution in [0.1, 0.15) is 54.7 Å². The Hall–Kier alpha value is -4.91. The molecule has 14 nitrogen and oxygen atoms in total. The van der Waals surface area contributed by atoms with Crippen molar-refractivity contribution in [2.24, 2.45) is 7.05 Å². The van der Waals surface area contributed by atoms with Gasteiger partial charge in [0.25, 0.3) is 0 Å². The van der Waals surface area contributed by atoms with E-state index in [9.17, 15) is 18.0 Å². The molecule has 3 amide bonds. The average Bonchev–Trinajstić information content (AvgIpc) is 3.44. The Bertz CT molecular complexity index is 2030. The van der Waals surface area contributed by atoms with E-state index in [1.807, 2.05) is 37.4 Å². The van der Waals surface area contributed by atoms with E-state index in [1.54, 1.807) is 15.1 Å². The maximum atomic E-state index is 13.6. The van der Waals surface area contributed by atoms with Gasteiger partial charge in [0.1, 0.15) is 6.07 Å². The van der Waals surface area contributed by atoms with E-state index >= 15 is 0 Å². The molecule has 0 atom stereocenters. The standard InChI is InChI=1S/C34H38N10O4S/c1-41-30-18-26(5-6-29(30)32(40-41)44-16-11-31(45)39-34(44)46)25-7-12-42(13-8-25)22-23-3-2-4-28(17-23)49(47,48)43-14-9-27(10-15-43)38-33-36-20-24(19-35)21-37-33/h2-6,17-18,20-21,25,27H,7-16,22H2,1H3,(H,36,37,38)(H,39,45,46). The SMILES string of the molecule is Cn1nc(N2CCC(=O)NC2=O)c2ccc(C3CCN(Cc4cccc(S(=O)(=O)N5CCC(Nc6ncc(C#N)cn6)CC5)c4)CC3)cc21. The topological polar surface area (TPSA) is 169 Å². The fourth-order valence-corrected chi connectivity index (χ4v) is 8.53. The van der Waals surface area contributed by atoms with E-state index in [4.69, 9.17) is 5.26 Å². The minimum absolute atomic E-state index is 0.0491. The van der Waals surface area contributed by atoms with Crippen LogP contribution in [-0.4, -0.2) is 88.1 Å². The van der Waals surface area contributed by atoms with Gasteiger partial charge in [-0.25, -0.2) is 23.2 Å². The van der Waals surface area contributed by atoms with Gasteiger partial charge in [0.15, 0.2) is 5.82 Å². The fraction of sp³-hybridized carbons (Fsp3) is 0.412. The van der Waals surface area contributed by atoms with Gasteiger partial charge in [0.2, 0.25) is 21.9 Å². The predicted octanol–water partition coefficient (Wildman–Crippen LogP) is 3.33. The summed E-state index contributed by atoms with van der Waals surface area (Å²) in [6.07, 6.45) is 6.38. The maximum absolute atomic E-state index is 13.6. The number of rotatable bonds is 8. The number of aryl methyl sites for hydroxylation is 1. The van der Waals surface area contributed by atoms with Gasteiger partial charge in [0.05, 0.1) is 28.4 Å². The van der Waals surface area contributed by atoms with Crippen molar-refractivity contribution in [1.29, 1.82) is 5.26 Å². The Morgan fingerprint density at radius 3 is 2.45 bits per heavy atom. The number of hydrogen-bond donors (Lipinski definition) is 2. The number of urea groups is 1. The molecule has 0 radical (unpaired) electrons. The van der Waals surface area contributed by atoms with Crippen LogP contribution < -0.4 is 15.5 Å². The first-order valence-corrected chi connectivity index (χ1v) is 18.0. The highest BCUT2D eigenvalue weighted by atomic mass is 32.2. The lowest BCUT2D eigenvalue weighted by Gasteiger charge is -2.33. The summed E-state index contributed by atoms with van der Waals surface area (Å²) in [5.74, 6) is 1.10. The van der Waals surface area contributed by atoms with Crippen molar-refractivity contribution in [2.45, 2.75) is 55.5 Å². The molecule has 15 heteroatoms. The molecule has 49 heavy (non-hydrogen) atoms. The molecule has 0 aliphatic carbocycles. The van der Waals surface area contributed by atoms with Gasteiger partial charge < -0.3 is 5.32 Å². The van der Waals surface area contributed by atoms with Crippen LogP contribution in [-0.2, 0) is 28.4 Å². The second-order valence-corrected chi connectivity index (χ2v) is 14.8. The zero-order chi connectivity index (χ0) is 34.1. The third-order valence-electron chi connectivity index (χ3n) is 9.74. The Morgan fingerprint density at radius 2 is 1.73 bits per heavy atom. The first kappa shape index (κ1) is 32.6.